The molecule has 1 aliphatic carbocycles. The topological polar surface area (TPSA) is 29.5 Å². The molecule has 1 fully saturated rings. The van der Waals surface area contributed by atoms with E-state index in [0.717, 1.165) is 29.7 Å². The molecule has 94 valence electrons. The molecule has 2 rings (SSSR count). The Hall–Kier alpha value is -1.02. The molecule has 0 heterocycles. The first-order valence-corrected chi connectivity index (χ1v) is 6.39. The van der Waals surface area contributed by atoms with Crippen LogP contribution in [-0.4, -0.2) is 12.2 Å². The fourth-order valence-electron chi connectivity index (χ4n) is 2.91. The number of hydrogen-bond donors (Lipinski definition) is 1. The number of hydrogen-bond acceptors (Lipinski definition) is 2. The van der Waals surface area contributed by atoms with E-state index in [4.69, 9.17) is 4.74 Å². The molecule has 0 bridgehead atoms. The van der Waals surface area contributed by atoms with Gasteiger partial charge >= 0.3 is 0 Å². The Bertz CT molecular complexity index is 392. The maximum absolute atomic E-state index is 10.6. The van der Waals surface area contributed by atoms with Crippen LogP contribution < -0.4 is 4.74 Å². The van der Waals surface area contributed by atoms with Gasteiger partial charge in [-0.05, 0) is 48.4 Å². The van der Waals surface area contributed by atoms with Gasteiger partial charge in [0.25, 0.3) is 0 Å². The van der Waals surface area contributed by atoms with E-state index >= 15 is 0 Å². The lowest BCUT2D eigenvalue weighted by Crippen LogP contribution is -2.22. The van der Waals surface area contributed by atoms with Crippen LogP contribution in [0.3, 0.4) is 0 Å². The second kappa shape index (κ2) is 4.69. The Morgan fingerprint density at radius 2 is 1.94 bits per heavy atom. The molecule has 0 radical (unpaired) electrons. The van der Waals surface area contributed by atoms with Crippen LogP contribution in [0, 0.1) is 12.3 Å². The summed E-state index contributed by atoms with van der Waals surface area (Å²) in [5, 5.41) is 10.6. The third-order valence-electron chi connectivity index (χ3n) is 4.18. The van der Waals surface area contributed by atoms with Gasteiger partial charge in [0, 0.05) is 0 Å². The molecule has 1 unspecified atom stereocenters. The van der Waals surface area contributed by atoms with Gasteiger partial charge in [0.05, 0.1) is 13.2 Å². The van der Waals surface area contributed by atoms with Gasteiger partial charge in [-0.15, -0.1) is 0 Å². The minimum absolute atomic E-state index is 0.0549. The van der Waals surface area contributed by atoms with E-state index in [0.29, 0.717) is 0 Å². The third-order valence-corrected chi connectivity index (χ3v) is 4.18. The van der Waals surface area contributed by atoms with Crippen LogP contribution in [-0.2, 0) is 0 Å². The lowest BCUT2D eigenvalue weighted by atomic mass is 9.78. The number of aliphatic hydroxyl groups excluding tert-OH is 1. The zero-order chi connectivity index (χ0) is 12.5. The van der Waals surface area contributed by atoms with Gasteiger partial charge in [-0.25, -0.2) is 0 Å². The predicted octanol–water partition coefficient (Wildman–Crippen LogP) is 3.62. The normalized spacial score (nSPS) is 20.2. The van der Waals surface area contributed by atoms with E-state index in [1.54, 1.807) is 7.11 Å². The van der Waals surface area contributed by atoms with Crippen molar-refractivity contribution >= 4 is 0 Å². The highest BCUT2D eigenvalue weighted by Gasteiger charge is 2.37. The molecule has 1 aromatic carbocycles. The van der Waals surface area contributed by atoms with Crippen molar-refractivity contribution in [2.45, 2.75) is 45.6 Å². The van der Waals surface area contributed by atoms with Crippen LogP contribution in [0.4, 0.5) is 0 Å². The second-order valence-electron chi connectivity index (χ2n) is 5.49. The summed E-state index contributed by atoms with van der Waals surface area (Å²) in [5.41, 5.74) is 2.22. The highest BCUT2D eigenvalue weighted by Crippen LogP contribution is 2.47. The number of aryl methyl sites for hydroxylation is 1. The first-order chi connectivity index (χ1) is 8.07. The lowest BCUT2D eigenvalue weighted by Gasteiger charge is -2.31. The van der Waals surface area contributed by atoms with Crippen molar-refractivity contribution in [1.29, 1.82) is 0 Å². The molecule has 2 heteroatoms. The largest absolute Gasteiger partial charge is 0.497 e. The number of aliphatic hydroxyl groups is 1. The molecule has 17 heavy (non-hydrogen) atoms. The van der Waals surface area contributed by atoms with E-state index in [2.05, 4.69) is 6.92 Å². The Balaban J connectivity index is 2.27. The molecule has 0 aromatic heterocycles. The number of ether oxygens (including phenoxy) is 1. The highest BCUT2D eigenvalue weighted by atomic mass is 16.5. The van der Waals surface area contributed by atoms with Crippen LogP contribution in [0.2, 0.25) is 0 Å². The van der Waals surface area contributed by atoms with Gasteiger partial charge < -0.3 is 9.84 Å². The molecule has 1 N–H and O–H groups in total. The highest BCUT2D eigenvalue weighted by molar-refractivity contribution is 5.36. The zero-order valence-corrected chi connectivity index (χ0v) is 11.0. The molecule has 1 saturated carbocycles. The average molecular weight is 234 g/mol. The second-order valence-corrected chi connectivity index (χ2v) is 5.49. The van der Waals surface area contributed by atoms with Crippen LogP contribution in [0.15, 0.2) is 18.2 Å². The van der Waals surface area contributed by atoms with Gasteiger partial charge in [0.1, 0.15) is 5.75 Å². The maximum atomic E-state index is 10.6. The van der Waals surface area contributed by atoms with Crippen molar-refractivity contribution in [3.8, 4) is 5.75 Å². The van der Waals surface area contributed by atoms with Gasteiger partial charge in [-0.1, -0.05) is 25.8 Å². The van der Waals surface area contributed by atoms with Crippen molar-refractivity contribution in [2.75, 3.05) is 7.11 Å². The summed E-state index contributed by atoms with van der Waals surface area (Å²) in [6.45, 7) is 4.24. The fourth-order valence-corrected chi connectivity index (χ4v) is 2.91. The number of rotatable bonds is 3. The van der Waals surface area contributed by atoms with E-state index in [-0.39, 0.29) is 11.5 Å². The molecule has 0 amide bonds. The summed E-state index contributed by atoms with van der Waals surface area (Å²) in [4.78, 5) is 0. The first kappa shape index (κ1) is 12.4. The molecular weight excluding hydrogens is 212 g/mol. The average Bonchev–Trinajstić information content (AvgIpc) is 2.76. The SMILES string of the molecule is COc1ccc(C(O)C2(C)CCCC2)c(C)c1. The first-order valence-electron chi connectivity index (χ1n) is 6.39. The van der Waals surface area contributed by atoms with Gasteiger partial charge in [-0.3, -0.25) is 0 Å². The van der Waals surface area contributed by atoms with Crippen LogP contribution in [0.25, 0.3) is 0 Å². The van der Waals surface area contributed by atoms with Crippen molar-refractivity contribution in [1.82, 2.24) is 0 Å². The van der Waals surface area contributed by atoms with Gasteiger partial charge in [-0.2, -0.15) is 0 Å². The molecular formula is C15H22O2. The number of benzene rings is 1. The monoisotopic (exact) mass is 234 g/mol. The van der Waals surface area contributed by atoms with E-state index in [9.17, 15) is 5.11 Å². The van der Waals surface area contributed by atoms with Crippen molar-refractivity contribution in [3.63, 3.8) is 0 Å². The van der Waals surface area contributed by atoms with Gasteiger partial charge in [0.15, 0.2) is 0 Å². The predicted molar refractivity (Wildman–Crippen MR) is 69.3 cm³/mol. The van der Waals surface area contributed by atoms with Crippen LogP contribution in [0.5, 0.6) is 5.75 Å². The summed E-state index contributed by atoms with van der Waals surface area (Å²) >= 11 is 0. The fraction of sp³-hybridized carbons (Fsp3) is 0.600. The quantitative estimate of drug-likeness (QED) is 0.865. The molecule has 0 saturated heterocycles. The summed E-state index contributed by atoms with van der Waals surface area (Å²) in [5.74, 6) is 0.857. The molecule has 0 spiro atoms. The smallest absolute Gasteiger partial charge is 0.119 e. The zero-order valence-electron chi connectivity index (χ0n) is 11.0. The molecule has 1 atom stereocenters. The summed E-state index contributed by atoms with van der Waals surface area (Å²) in [6.07, 6.45) is 4.38. The molecule has 1 aliphatic rings. The maximum Gasteiger partial charge on any atom is 0.119 e. The Labute approximate surface area is 104 Å². The van der Waals surface area contributed by atoms with Crippen LogP contribution in [0.1, 0.15) is 49.8 Å². The lowest BCUT2D eigenvalue weighted by molar-refractivity contribution is 0.0403. The third kappa shape index (κ3) is 2.32. The standard InChI is InChI=1S/C15H22O2/c1-11-10-12(17-3)6-7-13(11)14(16)15(2)8-4-5-9-15/h6-7,10,14,16H,4-5,8-9H2,1-3H3. The molecule has 0 aliphatic heterocycles. The minimum atomic E-state index is -0.351. The minimum Gasteiger partial charge on any atom is -0.497 e. The summed E-state index contributed by atoms with van der Waals surface area (Å²) < 4.78 is 5.20. The Kier molecular flexibility index (Phi) is 3.43. The van der Waals surface area contributed by atoms with Crippen molar-refractivity contribution < 1.29 is 9.84 Å². The van der Waals surface area contributed by atoms with Crippen LogP contribution >= 0.6 is 0 Å². The summed E-state index contributed by atoms with van der Waals surface area (Å²) in [7, 11) is 1.67. The van der Waals surface area contributed by atoms with Gasteiger partial charge in [0.2, 0.25) is 0 Å². The molecule has 1 aromatic rings. The van der Waals surface area contributed by atoms with Crippen molar-refractivity contribution in [3.05, 3.63) is 29.3 Å². The summed E-state index contributed by atoms with van der Waals surface area (Å²) in [6, 6.07) is 5.93. The van der Waals surface area contributed by atoms with E-state index in [1.165, 1.54) is 12.8 Å². The Morgan fingerprint density at radius 1 is 1.29 bits per heavy atom. The molecule has 2 nitrogen and oxygen atoms in total. The van der Waals surface area contributed by atoms with E-state index < -0.39 is 0 Å². The Morgan fingerprint density at radius 3 is 2.47 bits per heavy atom. The van der Waals surface area contributed by atoms with Crippen molar-refractivity contribution in [2.24, 2.45) is 5.41 Å². The number of methoxy groups -OCH3 is 1. The van der Waals surface area contributed by atoms with E-state index in [1.807, 2.05) is 25.1 Å².